The molecule has 1 N–H and O–H groups in total. The van der Waals surface area contributed by atoms with E-state index in [9.17, 15) is 9.59 Å². The van der Waals surface area contributed by atoms with Gasteiger partial charge in [-0.3, -0.25) is 4.79 Å². The zero-order chi connectivity index (χ0) is 11.3. The van der Waals surface area contributed by atoms with Crippen LogP contribution in [0.25, 0.3) is 0 Å². The number of aromatic nitrogens is 2. The summed E-state index contributed by atoms with van der Waals surface area (Å²) in [7, 11) is 1.22. The Morgan fingerprint density at radius 2 is 2.40 bits per heavy atom. The second-order valence-electron chi connectivity index (χ2n) is 2.70. The van der Waals surface area contributed by atoms with E-state index in [0.717, 1.165) is 5.75 Å². The van der Waals surface area contributed by atoms with Gasteiger partial charge in [0.15, 0.2) is 0 Å². The van der Waals surface area contributed by atoms with E-state index in [2.05, 4.69) is 14.7 Å². The first kappa shape index (κ1) is 11.8. The van der Waals surface area contributed by atoms with Crippen LogP contribution in [-0.2, 0) is 10.5 Å². The third-order valence-corrected chi connectivity index (χ3v) is 2.59. The molecule has 1 rings (SSSR count). The minimum Gasteiger partial charge on any atom is -0.465 e. The number of nitrogens with one attached hydrogen (secondary N) is 1. The molecule has 1 aromatic rings. The Labute approximate surface area is 91.3 Å². The molecule has 82 valence electrons. The number of H-pyrrole nitrogens is 1. The lowest BCUT2D eigenvalue weighted by atomic mass is 10.3. The van der Waals surface area contributed by atoms with Crippen LogP contribution in [-0.4, -0.2) is 28.8 Å². The molecular formula is C9H12N2O3S. The number of thioether (sulfide) groups is 1. The third-order valence-electron chi connectivity index (χ3n) is 1.70. The van der Waals surface area contributed by atoms with Crippen LogP contribution in [0.5, 0.6) is 0 Å². The summed E-state index contributed by atoms with van der Waals surface area (Å²) in [5.41, 5.74) is -0.522. The summed E-state index contributed by atoms with van der Waals surface area (Å²) in [6.07, 6.45) is 1.25. The van der Waals surface area contributed by atoms with Crippen molar-refractivity contribution in [3.63, 3.8) is 0 Å². The van der Waals surface area contributed by atoms with Crippen molar-refractivity contribution in [1.29, 1.82) is 0 Å². The second kappa shape index (κ2) is 5.55. The van der Waals surface area contributed by atoms with Gasteiger partial charge in [0, 0.05) is 6.20 Å². The number of aromatic amines is 1. The number of hydrogen-bond donors (Lipinski definition) is 1. The molecule has 0 bridgehead atoms. The minimum absolute atomic E-state index is 0.0669. The summed E-state index contributed by atoms with van der Waals surface area (Å²) in [4.78, 5) is 29.0. The van der Waals surface area contributed by atoms with Gasteiger partial charge in [0.25, 0.3) is 5.56 Å². The van der Waals surface area contributed by atoms with E-state index in [-0.39, 0.29) is 5.56 Å². The summed E-state index contributed by atoms with van der Waals surface area (Å²) in [5, 5.41) is 0. The number of esters is 1. The van der Waals surface area contributed by atoms with E-state index in [1.807, 2.05) is 6.92 Å². The van der Waals surface area contributed by atoms with Crippen LogP contribution in [0.15, 0.2) is 11.0 Å². The summed E-state index contributed by atoms with van der Waals surface area (Å²) >= 11 is 1.64. The van der Waals surface area contributed by atoms with Gasteiger partial charge < -0.3 is 9.72 Å². The Morgan fingerprint density at radius 1 is 1.67 bits per heavy atom. The first-order valence-corrected chi connectivity index (χ1v) is 5.58. The predicted octanol–water partition coefficient (Wildman–Crippen LogP) is 0.810. The molecule has 0 saturated heterocycles. The molecule has 0 radical (unpaired) electrons. The highest BCUT2D eigenvalue weighted by Crippen LogP contribution is 2.05. The molecule has 0 atom stereocenters. The van der Waals surface area contributed by atoms with Crippen LogP contribution in [0.2, 0.25) is 0 Å². The van der Waals surface area contributed by atoms with Crippen molar-refractivity contribution in [2.24, 2.45) is 0 Å². The summed E-state index contributed by atoms with van der Waals surface area (Å²) < 4.78 is 4.43. The van der Waals surface area contributed by atoms with Crippen LogP contribution in [0.4, 0.5) is 0 Å². The van der Waals surface area contributed by atoms with Gasteiger partial charge in [-0.2, -0.15) is 11.8 Å². The van der Waals surface area contributed by atoms with Crippen molar-refractivity contribution in [2.75, 3.05) is 12.9 Å². The lowest BCUT2D eigenvalue weighted by Gasteiger charge is -2.00. The van der Waals surface area contributed by atoms with Gasteiger partial charge in [0.1, 0.15) is 11.4 Å². The molecule has 0 fully saturated rings. The number of carbonyl (C=O) groups is 1. The van der Waals surface area contributed by atoms with E-state index in [1.54, 1.807) is 11.8 Å². The smallest absolute Gasteiger partial charge is 0.345 e. The molecule has 0 saturated carbocycles. The van der Waals surface area contributed by atoms with Gasteiger partial charge in [-0.05, 0) is 5.75 Å². The maximum atomic E-state index is 11.4. The number of rotatable bonds is 4. The van der Waals surface area contributed by atoms with Crippen molar-refractivity contribution < 1.29 is 9.53 Å². The van der Waals surface area contributed by atoms with E-state index in [4.69, 9.17) is 0 Å². The molecule has 5 nitrogen and oxygen atoms in total. The van der Waals surface area contributed by atoms with Crippen LogP contribution >= 0.6 is 11.8 Å². The third kappa shape index (κ3) is 3.09. The summed E-state index contributed by atoms with van der Waals surface area (Å²) in [6.45, 7) is 2.02. The van der Waals surface area contributed by atoms with Crippen LogP contribution in [0.3, 0.4) is 0 Å². The molecule has 0 unspecified atom stereocenters. The highest BCUT2D eigenvalue weighted by molar-refractivity contribution is 7.98. The quantitative estimate of drug-likeness (QED) is 0.772. The van der Waals surface area contributed by atoms with Crippen molar-refractivity contribution >= 4 is 17.7 Å². The number of methoxy groups -OCH3 is 1. The molecule has 15 heavy (non-hydrogen) atoms. The predicted molar refractivity (Wildman–Crippen MR) is 58.0 cm³/mol. The molecular weight excluding hydrogens is 216 g/mol. The molecule has 0 amide bonds. The fourth-order valence-electron chi connectivity index (χ4n) is 0.959. The van der Waals surface area contributed by atoms with Crippen molar-refractivity contribution in [3.05, 3.63) is 27.9 Å². The van der Waals surface area contributed by atoms with Gasteiger partial charge in [-0.1, -0.05) is 6.92 Å². The Hall–Kier alpha value is -1.30. The molecule has 0 aliphatic heterocycles. The maximum Gasteiger partial charge on any atom is 0.345 e. The van der Waals surface area contributed by atoms with E-state index < -0.39 is 11.5 Å². The lowest BCUT2D eigenvalue weighted by molar-refractivity contribution is 0.0598. The Bertz CT molecular complexity index is 403. The SMILES string of the molecule is CCSCc1ncc(C(=O)OC)c(=O)[nH]1. The van der Waals surface area contributed by atoms with E-state index in [0.29, 0.717) is 11.6 Å². The molecule has 0 aliphatic carbocycles. The first-order valence-electron chi connectivity index (χ1n) is 4.43. The molecule has 0 aromatic carbocycles. The first-order chi connectivity index (χ1) is 7.19. The Kier molecular flexibility index (Phi) is 4.36. The van der Waals surface area contributed by atoms with Gasteiger partial charge >= 0.3 is 5.97 Å². The van der Waals surface area contributed by atoms with Crippen molar-refractivity contribution in [3.8, 4) is 0 Å². The van der Waals surface area contributed by atoms with Gasteiger partial charge in [-0.25, -0.2) is 9.78 Å². The second-order valence-corrected chi connectivity index (χ2v) is 3.98. The number of ether oxygens (including phenoxy) is 1. The summed E-state index contributed by atoms with van der Waals surface area (Å²) in [5.74, 6) is 1.48. The minimum atomic E-state index is -0.668. The standard InChI is InChI=1S/C9H12N2O3S/c1-3-15-5-7-10-4-6(8(12)11-7)9(13)14-2/h4H,3,5H2,1-2H3,(H,10,11,12). The lowest BCUT2D eigenvalue weighted by Crippen LogP contribution is -2.21. The van der Waals surface area contributed by atoms with Crippen molar-refractivity contribution in [1.82, 2.24) is 9.97 Å². The molecule has 0 spiro atoms. The maximum absolute atomic E-state index is 11.4. The Balaban J connectivity index is 2.88. The van der Waals surface area contributed by atoms with Crippen molar-refractivity contribution in [2.45, 2.75) is 12.7 Å². The molecule has 0 aliphatic rings. The highest BCUT2D eigenvalue weighted by Gasteiger charge is 2.11. The fourth-order valence-corrected chi connectivity index (χ4v) is 1.50. The topological polar surface area (TPSA) is 72.0 Å². The molecule has 1 aromatic heterocycles. The van der Waals surface area contributed by atoms with Gasteiger partial charge in [0.2, 0.25) is 0 Å². The number of hydrogen-bond acceptors (Lipinski definition) is 5. The molecule has 6 heteroatoms. The van der Waals surface area contributed by atoms with Crippen LogP contribution in [0, 0.1) is 0 Å². The highest BCUT2D eigenvalue weighted by atomic mass is 32.2. The average Bonchev–Trinajstić information content (AvgIpc) is 2.25. The molecule has 1 heterocycles. The van der Waals surface area contributed by atoms with Crippen LogP contribution in [0.1, 0.15) is 23.1 Å². The number of carbonyl (C=O) groups excluding carboxylic acids is 1. The zero-order valence-electron chi connectivity index (χ0n) is 8.57. The van der Waals surface area contributed by atoms with Gasteiger partial charge in [0.05, 0.1) is 12.9 Å². The van der Waals surface area contributed by atoms with Crippen LogP contribution < -0.4 is 5.56 Å². The Morgan fingerprint density at radius 3 is 2.93 bits per heavy atom. The van der Waals surface area contributed by atoms with E-state index >= 15 is 0 Å². The largest absolute Gasteiger partial charge is 0.465 e. The normalized spacial score (nSPS) is 10.0. The van der Waals surface area contributed by atoms with E-state index in [1.165, 1.54) is 13.3 Å². The fraction of sp³-hybridized carbons (Fsp3) is 0.444. The van der Waals surface area contributed by atoms with Gasteiger partial charge in [-0.15, -0.1) is 0 Å². The zero-order valence-corrected chi connectivity index (χ0v) is 9.39. The number of nitrogens with zero attached hydrogens (tertiary/aromatic N) is 1. The monoisotopic (exact) mass is 228 g/mol. The summed E-state index contributed by atoms with van der Waals surface area (Å²) in [6, 6.07) is 0. The average molecular weight is 228 g/mol.